The van der Waals surface area contributed by atoms with Crippen LogP contribution >= 0.6 is 27.5 Å². The van der Waals surface area contributed by atoms with E-state index in [2.05, 4.69) is 44.3 Å². The Kier molecular flexibility index (Phi) is 5.03. The lowest BCUT2D eigenvalue weighted by Gasteiger charge is -2.35. The highest BCUT2D eigenvalue weighted by molar-refractivity contribution is 9.10. The van der Waals surface area contributed by atoms with E-state index < -0.39 is 0 Å². The van der Waals surface area contributed by atoms with Gasteiger partial charge in [-0.05, 0) is 78.3 Å². The van der Waals surface area contributed by atoms with Crippen LogP contribution in [0.5, 0.6) is 0 Å². The van der Waals surface area contributed by atoms with E-state index in [1.807, 2.05) is 0 Å². The van der Waals surface area contributed by atoms with E-state index in [-0.39, 0.29) is 0 Å². The van der Waals surface area contributed by atoms with Gasteiger partial charge in [-0.2, -0.15) is 0 Å². The smallest absolute Gasteiger partial charge is 0.0551 e. The van der Waals surface area contributed by atoms with Crippen LogP contribution in [0.4, 0.5) is 0 Å². The van der Waals surface area contributed by atoms with Crippen molar-refractivity contribution in [3.63, 3.8) is 0 Å². The second-order valence-corrected chi connectivity index (χ2v) is 7.35. The molecule has 2 aliphatic rings. The van der Waals surface area contributed by atoms with E-state index in [0.717, 1.165) is 28.0 Å². The third kappa shape index (κ3) is 3.56. The Labute approximate surface area is 135 Å². The third-order valence-electron chi connectivity index (χ3n) is 4.60. The first kappa shape index (κ1) is 14.8. The van der Waals surface area contributed by atoms with Crippen LogP contribution in [-0.4, -0.2) is 30.6 Å². The Morgan fingerprint density at radius 2 is 2.20 bits per heavy atom. The van der Waals surface area contributed by atoms with Crippen molar-refractivity contribution < 1.29 is 0 Å². The van der Waals surface area contributed by atoms with Crippen LogP contribution in [0.15, 0.2) is 22.7 Å². The van der Waals surface area contributed by atoms with Gasteiger partial charge in [-0.1, -0.05) is 17.7 Å². The summed E-state index contributed by atoms with van der Waals surface area (Å²) in [6.45, 7) is 4.68. The fraction of sp³-hybridized carbons (Fsp3) is 0.625. The molecule has 2 saturated heterocycles. The molecule has 2 unspecified atom stereocenters. The van der Waals surface area contributed by atoms with Gasteiger partial charge in [-0.3, -0.25) is 4.90 Å². The van der Waals surface area contributed by atoms with Crippen molar-refractivity contribution in [2.24, 2.45) is 5.92 Å². The average Bonchev–Trinajstić information content (AvgIpc) is 2.97. The molecular formula is C16H22BrClN2. The first-order chi connectivity index (χ1) is 9.72. The van der Waals surface area contributed by atoms with Crippen LogP contribution in [0.1, 0.15) is 31.2 Å². The standard InChI is InChI=1S/C16H22BrClN2/c17-14-6-5-12(9-15(14)18)10-20-8-2-3-13(11-20)16-4-1-7-19-16/h5-6,9,13,16,19H,1-4,7-8,10-11H2. The zero-order valence-corrected chi connectivity index (χ0v) is 14.1. The Morgan fingerprint density at radius 3 is 2.95 bits per heavy atom. The molecule has 2 fully saturated rings. The summed E-state index contributed by atoms with van der Waals surface area (Å²) in [7, 11) is 0. The van der Waals surface area contributed by atoms with E-state index in [4.69, 9.17) is 11.6 Å². The highest BCUT2D eigenvalue weighted by atomic mass is 79.9. The van der Waals surface area contributed by atoms with Crippen molar-refractivity contribution >= 4 is 27.5 Å². The fourth-order valence-corrected chi connectivity index (χ4v) is 4.02. The number of hydrogen-bond donors (Lipinski definition) is 1. The van der Waals surface area contributed by atoms with Crippen molar-refractivity contribution in [2.45, 2.75) is 38.3 Å². The second-order valence-electron chi connectivity index (χ2n) is 6.09. The van der Waals surface area contributed by atoms with Gasteiger partial charge >= 0.3 is 0 Å². The minimum atomic E-state index is 0.756. The van der Waals surface area contributed by atoms with Crippen molar-refractivity contribution in [3.05, 3.63) is 33.3 Å². The number of piperidine rings is 1. The predicted octanol–water partition coefficient (Wildman–Crippen LogP) is 4.07. The molecule has 0 aromatic heterocycles. The molecule has 2 aliphatic heterocycles. The van der Waals surface area contributed by atoms with Crippen LogP contribution in [0.2, 0.25) is 5.02 Å². The highest BCUT2D eigenvalue weighted by Gasteiger charge is 2.28. The average molecular weight is 358 g/mol. The number of halogens is 2. The minimum absolute atomic E-state index is 0.756. The first-order valence-electron chi connectivity index (χ1n) is 7.62. The molecule has 0 aliphatic carbocycles. The first-order valence-corrected chi connectivity index (χ1v) is 8.79. The predicted molar refractivity (Wildman–Crippen MR) is 88.2 cm³/mol. The van der Waals surface area contributed by atoms with E-state index in [9.17, 15) is 0 Å². The molecule has 110 valence electrons. The Bertz CT molecular complexity index is 460. The van der Waals surface area contributed by atoms with Crippen molar-refractivity contribution in [3.8, 4) is 0 Å². The van der Waals surface area contributed by atoms with E-state index in [1.165, 1.54) is 50.9 Å². The van der Waals surface area contributed by atoms with Gasteiger partial charge in [0.15, 0.2) is 0 Å². The summed E-state index contributed by atoms with van der Waals surface area (Å²) in [5, 5.41) is 4.49. The van der Waals surface area contributed by atoms with Crippen LogP contribution in [0.25, 0.3) is 0 Å². The molecule has 0 saturated carbocycles. The summed E-state index contributed by atoms with van der Waals surface area (Å²) in [6, 6.07) is 7.07. The normalized spacial score (nSPS) is 27.9. The number of rotatable bonds is 3. The molecular weight excluding hydrogens is 336 g/mol. The lowest BCUT2D eigenvalue weighted by Crippen LogP contribution is -2.43. The number of likely N-dealkylation sites (tertiary alicyclic amines) is 1. The van der Waals surface area contributed by atoms with Gasteiger partial charge < -0.3 is 5.32 Å². The van der Waals surface area contributed by atoms with Gasteiger partial charge in [-0.15, -0.1) is 0 Å². The van der Waals surface area contributed by atoms with Crippen LogP contribution in [0.3, 0.4) is 0 Å². The molecule has 0 radical (unpaired) electrons. The second kappa shape index (κ2) is 6.78. The maximum atomic E-state index is 6.19. The van der Waals surface area contributed by atoms with Gasteiger partial charge in [-0.25, -0.2) is 0 Å². The number of nitrogens with one attached hydrogen (secondary N) is 1. The topological polar surface area (TPSA) is 15.3 Å². The molecule has 1 aromatic carbocycles. The van der Waals surface area contributed by atoms with Gasteiger partial charge in [0.1, 0.15) is 0 Å². The maximum Gasteiger partial charge on any atom is 0.0551 e. The summed E-state index contributed by atoms with van der Waals surface area (Å²) in [5.74, 6) is 0.831. The van der Waals surface area contributed by atoms with Crippen LogP contribution in [0, 0.1) is 5.92 Å². The van der Waals surface area contributed by atoms with E-state index in [0.29, 0.717) is 0 Å². The van der Waals surface area contributed by atoms with Gasteiger partial charge in [0, 0.05) is 23.6 Å². The van der Waals surface area contributed by atoms with Crippen molar-refractivity contribution in [1.29, 1.82) is 0 Å². The van der Waals surface area contributed by atoms with Gasteiger partial charge in [0.05, 0.1) is 5.02 Å². The Morgan fingerprint density at radius 1 is 1.30 bits per heavy atom. The fourth-order valence-electron chi connectivity index (χ4n) is 3.57. The largest absolute Gasteiger partial charge is 0.314 e. The lowest BCUT2D eigenvalue weighted by molar-refractivity contribution is 0.145. The number of benzene rings is 1. The van der Waals surface area contributed by atoms with Crippen LogP contribution < -0.4 is 5.32 Å². The molecule has 1 N–H and O–H groups in total. The molecule has 20 heavy (non-hydrogen) atoms. The van der Waals surface area contributed by atoms with Gasteiger partial charge in [0.25, 0.3) is 0 Å². The quantitative estimate of drug-likeness (QED) is 0.877. The monoisotopic (exact) mass is 356 g/mol. The summed E-state index contributed by atoms with van der Waals surface area (Å²) in [4.78, 5) is 2.59. The SMILES string of the molecule is Clc1cc(CN2CCCC(C3CCCN3)C2)ccc1Br. The van der Waals surface area contributed by atoms with Crippen molar-refractivity contribution in [1.82, 2.24) is 10.2 Å². The molecule has 3 rings (SSSR count). The summed E-state index contributed by atoms with van der Waals surface area (Å²) < 4.78 is 0.981. The third-order valence-corrected chi connectivity index (χ3v) is 5.83. The molecule has 0 spiro atoms. The zero-order chi connectivity index (χ0) is 13.9. The highest BCUT2D eigenvalue weighted by Crippen LogP contribution is 2.27. The molecule has 2 atom stereocenters. The van der Waals surface area contributed by atoms with Gasteiger partial charge in [0.2, 0.25) is 0 Å². The molecule has 0 amide bonds. The molecule has 2 nitrogen and oxygen atoms in total. The van der Waals surface area contributed by atoms with E-state index in [1.54, 1.807) is 0 Å². The molecule has 1 aromatic rings. The van der Waals surface area contributed by atoms with E-state index >= 15 is 0 Å². The number of nitrogens with zero attached hydrogens (tertiary/aromatic N) is 1. The minimum Gasteiger partial charge on any atom is -0.314 e. The van der Waals surface area contributed by atoms with Crippen molar-refractivity contribution in [2.75, 3.05) is 19.6 Å². The Hall–Kier alpha value is -0.0900. The summed E-state index contributed by atoms with van der Waals surface area (Å²) in [6.07, 6.45) is 5.43. The van der Waals surface area contributed by atoms with Crippen LogP contribution in [-0.2, 0) is 6.54 Å². The molecule has 0 bridgehead atoms. The molecule has 2 heterocycles. The maximum absolute atomic E-state index is 6.19. The number of hydrogen-bond acceptors (Lipinski definition) is 2. The summed E-state index contributed by atoms with van der Waals surface area (Å²) >= 11 is 9.64. The summed E-state index contributed by atoms with van der Waals surface area (Å²) in [5.41, 5.74) is 1.32. The zero-order valence-electron chi connectivity index (χ0n) is 11.7. The Balaban J connectivity index is 1.60. The lowest BCUT2D eigenvalue weighted by atomic mass is 9.89. The molecule has 4 heteroatoms.